The summed E-state index contributed by atoms with van der Waals surface area (Å²) in [6, 6.07) is 11.9. The maximum Gasteiger partial charge on any atom is 0.265 e. The molecule has 0 aliphatic heterocycles. The molecule has 0 saturated heterocycles. The fraction of sp³-hybridized carbons (Fsp3) is 0.200. The molecule has 1 heterocycles. The maximum absolute atomic E-state index is 13.1. The number of methoxy groups -OCH3 is 2. The second kappa shape index (κ2) is 7.92. The van der Waals surface area contributed by atoms with Crippen molar-refractivity contribution in [3.63, 3.8) is 0 Å². The zero-order valence-corrected chi connectivity index (χ0v) is 15.0. The molecule has 0 amide bonds. The summed E-state index contributed by atoms with van der Waals surface area (Å²) in [6.45, 7) is 0.0832. The van der Waals surface area contributed by atoms with Gasteiger partial charge in [-0.1, -0.05) is 18.2 Å². The predicted octanol–water partition coefficient (Wildman–Crippen LogP) is 2.12. The van der Waals surface area contributed by atoms with Crippen LogP contribution in [0.15, 0.2) is 52.3 Å². The number of fused-ring (bicyclic) bond motifs is 1. The Morgan fingerprint density at radius 2 is 1.85 bits per heavy atom. The number of aromatic hydroxyl groups is 1. The molecule has 7 nitrogen and oxygen atoms in total. The van der Waals surface area contributed by atoms with Crippen molar-refractivity contribution in [1.29, 1.82) is 0 Å². The molecule has 3 rings (SSSR count). The fourth-order valence-corrected chi connectivity index (χ4v) is 2.90. The number of rotatable bonds is 6. The van der Waals surface area contributed by atoms with E-state index in [1.54, 1.807) is 42.5 Å². The Morgan fingerprint density at radius 1 is 1.11 bits per heavy atom. The standard InChI is InChI=1S/C20H20N2O5/c1-26-13-7-8-17(18(11-13)27-2)22-19(24)15-6-4-3-5-14(15)16(20(22)25)12-21-9-10-23/h3-8,11-12,23,25H,9-10H2,1-2H3. The fourth-order valence-electron chi connectivity index (χ4n) is 2.90. The molecule has 0 atom stereocenters. The number of aromatic nitrogens is 1. The molecule has 27 heavy (non-hydrogen) atoms. The zero-order chi connectivity index (χ0) is 19.4. The molecule has 2 N–H and O–H groups in total. The van der Waals surface area contributed by atoms with Crippen LogP contribution in [0.3, 0.4) is 0 Å². The van der Waals surface area contributed by atoms with Crippen LogP contribution in [0.1, 0.15) is 5.56 Å². The van der Waals surface area contributed by atoms with E-state index >= 15 is 0 Å². The Hall–Kier alpha value is -3.32. The smallest absolute Gasteiger partial charge is 0.265 e. The summed E-state index contributed by atoms with van der Waals surface area (Å²) in [5, 5.41) is 20.9. The highest BCUT2D eigenvalue weighted by atomic mass is 16.5. The minimum absolute atomic E-state index is 0.110. The lowest BCUT2D eigenvalue weighted by Gasteiger charge is -2.16. The second-order valence-corrected chi connectivity index (χ2v) is 5.72. The number of pyridine rings is 1. The van der Waals surface area contributed by atoms with Gasteiger partial charge in [0, 0.05) is 23.1 Å². The number of aliphatic imine (C=N–C) groups is 1. The summed E-state index contributed by atoms with van der Waals surface area (Å²) < 4.78 is 11.8. The van der Waals surface area contributed by atoms with Crippen LogP contribution in [0, 0.1) is 0 Å². The van der Waals surface area contributed by atoms with E-state index in [0.717, 1.165) is 0 Å². The largest absolute Gasteiger partial charge is 0.497 e. The van der Waals surface area contributed by atoms with E-state index in [2.05, 4.69) is 4.99 Å². The Bertz CT molecular complexity index is 1060. The number of aliphatic hydroxyl groups excluding tert-OH is 1. The van der Waals surface area contributed by atoms with Gasteiger partial charge < -0.3 is 19.7 Å². The minimum Gasteiger partial charge on any atom is -0.497 e. The average molecular weight is 368 g/mol. The van der Waals surface area contributed by atoms with Crippen molar-refractivity contribution in [3.8, 4) is 23.1 Å². The first-order valence-corrected chi connectivity index (χ1v) is 8.32. The van der Waals surface area contributed by atoms with Gasteiger partial charge in [-0.05, 0) is 18.2 Å². The molecule has 0 aliphatic carbocycles. The molecule has 0 fully saturated rings. The van der Waals surface area contributed by atoms with Gasteiger partial charge in [0.15, 0.2) is 0 Å². The molecule has 0 radical (unpaired) electrons. The van der Waals surface area contributed by atoms with Gasteiger partial charge in [0.25, 0.3) is 5.56 Å². The van der Waals surface area contributed by atoms with Crippen molar-refractivity contribution in [2.24, 2.45) is 4.99 Å². The van der Waals surface area contributed by atoms with Crippen molar-refractivity contribution >= 4 is 17.0 Å². The quantitative estimate of drug-likeness (QED) is 0.650. The number of ether oxygens (including phenoxy) is 2. The predicted molar refractivity (Wildman–Crippen MR) is 104 cm³/mol. The molecule has 2 aromatic carbocycles. The van der Waals surface area contributed by atoms with Gasteiger partial charge in [-0.15, -0.1) is 0 Å². The van der Waals surface area contributed by atoms with Gasteiger partial charge in [0.2, 0.25) is 5.88 Å². The number of hydrogen-bond acceptors (Lipinski definition) is 6. The van der Waals surface area contributed by atoms with E-state index in [4.69, 9.17) is 14.6 Å². The Kier molecular flexibility index (Phi) is 5.42. The van der Waals surface area contributed by atoms with E-state index < -0.39 is 0 Å². The zero-order valence-electron chi connectivity index (χ0n) is 15.0. The van der Waals surface area contributed by atoms with Crippen LogP contribution in [0.25, 0.3) is 16.5 Å². The monoisotopic (exact) mass is 368 g/mol. The Balaban J connectivity index is 2.36. The summed E-state index contributed by atoms with van der Waals surface area (Å²) >= 11 is 0. The van der Waals surface area contributed by atoms with Crippen molar-refractivity contribution in [1.82, 2.24) is 4.57 Å². The number of aliphatic hydroxyl groups is 1. The van der Waals surface area contributed by atoms with Crippen LogP contribution >= 0.6 is 0 Å². The first kappa shape index (κ1) is 18.5. The molecule has 3 aromatic rings. The maximum atomic E-state index is 13.1. The first-order valence-electron chi connectivity index (χ1n) is 8.32. The van der Waals surface area contributed by atoms with Gasteiger partial charge in [-0.25, -0.2) is 4.57 Å². The lowest BCUT2D eigenvalue weighted by Crippen LogP contribution is -2.20. The highest BCUT2D eigenvalue weighted by molar-refractivity contribution is 6.01. The molecule has 1 aromatic heterocycles. The number of hydrogen-bond donors (Lipinski definition) is 2. The summed E-state index contributed by atoms with van der Waals surface area (Å²) in [5.41, 5.74) is 0.380. The molecule has 0 unspecified atom stereocenters. The summed E-state index contributed by atoms with van der Waals surface area (Å²) in [6.07, 6.45) is 1.46. The normalized spacial score (nSPS) is 11.2. The third kappa shape index (κ3) is 3.37. The summed E-state index contributed by atoms with van der Waals surface area (Å²) in [7, 11) is 3.01. The van der Waals surface area contributed by atoms with Gasteiger partial charge in [0.1, 0.15) is 11.5 Å². The van der Waals surface area contributed by atoms with Gasteiger partial charge >= 0.3 is 0 Å². The third-order valence-corrected chi connectivity index (χ3v) is 4.18. The first-order chi connectivity index (χ1) is 13.1. The topological polar surface area (TPSA) is 93.3 Å². The Labute approximate surface area is 155 Å². The van der Waals surface area contributed by atoms with Gasteiger partial charge in [0.05, 0.1) is 38.6 Å². The van der Waals surface area contributed by atoms with E-state index in [-0.39, 0.29) is 24.6 Å². The SMILES string of the molecule is COc1ccc(-n2c(O)c(C=NCCO)c3ccccc3c2=O)c(OC)c1. The van der Waals surface area contributed by atoms with E-state index in [0.29, 0.717) is 33.5 Å². The van der Waals surface area contributed by atoms with Crippen molar-refractivity contribution in [3.05, 3.63) is 58.4 Å². The average Bonchev–Trinajstić information content (AvgIpc) is 2.70. The molecule has 0 saturated carbocycles. The lowest BCUT2D eigenvalue weighted by atomic mass is 10.1. The molecule has 7 heteroatoms. The van der Waals surface area contributed by atoms with Crippen LogP contribution in [0.4, 0.5) is 0 Å². The lowest BCUT2D eigenvalue weighted by molar-refractivity contribution is 0.307. The second-order valence-electron chi connectivity index (χ2n) is 5.72. The molecule has 140 valence electrons. The molecule has 0 spiro atoms. The van der Waals surface area contributed by atoms with Crippen molar-refractivity contribution in [2.45, 2.75) is 0 Å². The van der Waals surface area contributed by atoms with Crippen LogP contribution in [-0.2, 0) is 0 Å². The van der Waals surface area contributed by atoms with Gasteiger partial charge in [-0.3, -0.25) is 9.79 Å². The Morgan fingerprint density at radius 3 is 2.52 bits per heavy atom. The number of benzene rings is 2. The van der Waals surface area contributed by atoms with Crippen molar-refractivity contribution in [2.75, 3.05) is 27.4 Å². The summed E-state index contributed by atoms with van der Waals surface area (Å²) in [5.74, 6) is 0.679. The highest BCUT2D eigenvalue weighted by Gasteiger charge is 2.19. The molecule has 0 bridgehead atoms. The number of nitrogens with zero attached hydrogens (tertiary/aromatic N) is 2. The molecular formula is C20H20N2O5. The third-order valence-electron chi connectivity index (χ3n) is 4.18. The van der Waals surface area contributed by atoms with Crippen LogP contribution in [-0.4, -0.2) is 48.4 Å². The van der Waals surface area contributed by atoms with Crippen LogP contribution in [0.5, 0.6) is 17.4 Å². The molecule has 0 aliphatic rings. The van der Waals surface area contributed by atoms with Crippen LogP contribution in [0.2, 0.25) is 0 Å². The van der Waals surface area contributed by atoms with Gasteiger partial charge in [-0.2, -0.15) is 0 Å². The van der Waals surface area contributed by atoms with E-state index in [1.165, 1.54) is 25.0 Å². The van der Waals surface area contributed by atoms with Crippen LogP contribution < -0.4 is 15.0 Å². The van der Waals surface area contributed by atoms with E-state index in [1.807, 2.05) is 0 Å². The molecular weight excluding hydrogens is 348 g/mol. The van der Waals surface area contributed by atoms with Crippen molar-refractivity contribution < 1.29 is 19.7 Å². The highest BCUT2D eigenvalue weighted by Crippen LogP contribution is 2.32. The van der Waals surface area contributed by atoms with E-state index in [9.17, 15) is 9.90 Å². The summed E-state index contributed by atoms with van der Waals surface area (Å²) in [4.78, 5) is 17.2. The minimum atomic E-state index is -0.383.